The highest BCUT2D eigenvalue weighted by Gasteiger charge is 2.51. The molecule has 0 aliphatic carbocycles. The van der Waals surface area contributed by atoms with Gasteiger partial charge in [-0.3, -0.25) is 4.79 Å². The Labute approximate surface area is 238 Å². The zero-order valence-electron chi connectivity index (χ0n) is 22.7. The normalized spacial score (nSPS) is 28.1. The van der Waals surface area contributed by atoms with E-state index in [-0.39, 0.29) is 47.6 Å². The minimum absolute atomic E-state index is 0.0280. The van der Waals surface area contributed by atoms with E-state index in [4.69, 9.17) is 18.9 Å². The van der Waals surface area contributed by atoms with Gasteiger partial charge in [0.2, 0.25) is 5.79 Å². The number of Topliss-reactive ketones (excluding diaryl/α,β-unsaturated/α-hetero) is 1. The first-order valence-corrected chi connectivity index (χ1v) is 14.4. The van der Waals surface area contributed by atoms with Crippen LogP contribution in [0.15, 0.2) is 78.9 Å². The molecule has 3 aromatic rings. The zero-order valence-corrected chi connectivity index (χ0v) is 22.7. The Morgan fingerprint density at radius 1 is 0.951 bits per heavy atom. The lowest BCUT2D eigenvalue weighted by Gasteiger charge is -2.50. The Bertz CT molecular complexity index is 1500. The first kappa shape index (κ1) is 25.8. The van der Waals surface area contributed by atoms with E-state index < -0.39 is 11.9 Å². The Balaban J connectivity index is 1.25. The average molecular weight is 553 g/mol. The van der Waals surface area contributed by atoms with Crippen molar-refractivity contribution in [2.75, 3.05) is 0 Å². The third-order valence-electron chi connectivity index (χ3n) is 8.63. The van der Waals surface area contributed by atoms with Crippen LogP contribution in [-0.4, -0.2) is 34.9 Å². The first-order valence-electron chi connectivity index (χ1n) is 14.4. The van der Waals surface area contributed by atoms with Gasteiger partial charge in [-0.2, -0.15) is 0 Å². The van der Waals surface area contributed by atoms with Gasteiger partial charge in [0, 0.05) is 43.4 Å². The molecule has 4 heterocycles. The van der Waals surface area contributed by atoms with Crippen molar-refractivity contribution in [1.29, 1.82) is 0 Å². The number of esters is 1. The lowest BCUT2D eigenvalue weighted by molar-refractivity contribution is -0.257. The number of ketones is 1. The number of carbonyl (C=O) groups excluding carboxylic acids is 2. The van der Waals surface area contributed by atoms with Crippen LogP contribution in [0.5, 0.6) is 17.2 Å². The Hall–Kier alpha value is -4.10. The van der Waals surface area contributed by atoms with E-state index in [1.807, 2.05) is 54.6 Å². The van der Waals surface area contributed by atoms with Crippen LogP contribution in [0.1, 0.15) is 77.6 Å². The van der Waals surface area contributed by atoms with E-state index in [9.17, 15) is 14.7 Å². The minimum atomic E-state index is -0.927. The van der Waals surface area contributed by atoms with Crippen LogP contribution >= 0.6 is 0 Å². The molecule has 4 aliphatic heterocycles. The van der Waals surface area contributed by atoms with Gasteiger partial charge in [0.05, 0.1) is 12.5 Å². The summed E-state index contributed by atoms with van der Waals surface area (Å²) in [5.74, 6) is -0.655. The van der Waals surface area contributed by atoms with Crippen LogP contribution in [0.4, 0.5) is 0 Å². The highest BCUT2D eigenvalue weighted by Crippen LogP contribution is 2.57. The molecule has 1 saturated heterocycles. The Morgan fingerprint density at radius 2 is 1.73 bits per heavy atom. The maximum absolute atomic E-state index is 13.4. The average Bonchev–Trinajstić information content (AvgIpc) is 2.96. The highest BCUT2D eigenvalue weighted by molar-refractivity contribution is 6.03. The van der Waals surface area contributed by atoms with Crippen LogP contribution in [-0.2, 0) is 20.7 Å². The van der Waals surface area contributed by atoms with E-state index in [2.05, 4.69) is 12.1 Å². The van der Waals surface area contributed by atoms with Gasteiger partial charge >= 0.3 is 5.97 Å². The molecular formula is C34H32O7. The number of cyclic esters (lactones) is 1. The Kier molecular flexibility index (Phi) is 6.54. The van der Waals surface area contributed by atoms with Gasteiger partial charge in [0.15, 0.2) is 5.78 Å². The van der Waals surface area contributed by atoms with Crippen molar-refractivity contribution in [2.24, 2.45) is 0 Å². The summed E-state index contributed by atoms with van der Waals surface area (Å²) in [6.07, 6.45) is 6.32. The van der Waals surface area contributed by atoms with Crippen molar-refractivity contribution in [2.45, 2.75) is 75.0 Å². The lowest BCUT2D eigenvalue weighted by Crippen LogP contribution is -2.51. The third kappa shape index (κ3) is 4.99. The summed E-state index contributed by atoms with van der Waals surface area (Å²) in [6.45, 7) is 0. The number of carbonyl (C=O) groups is 2. The molecule has 2 bridgehead atoms. The number of phenolic OH excluding ortho intramolecular Hbond substituents is 1. The van der Waals surface area contributed by atoms with Crippen LogP contribution in [0, 0.1) is 0 Å². The van der Waals surface area contributed by atoms with E-state index in [0.717, 1.165) is 17.5 Å². The number of hydrogen-bond acceptors (Lipinski definition) is 7. The molecule has 1 N–H and O–H groups in total. The molecule has 3 aromatic carbocycles. The van der Waals surface area contributed by atoms with E-state index in [1.165, 1.54) is 11.6 Å². The predicted molar refractivity (Wildman–Crippen MR) is 150 cm³/mol. The lowest BCUT2D eigenvalue weighted by atomic mass is 9.77. The first-order chi connectivity index (χ1) is 20.0. The number of aromatic hydroxyl groups is 1. The molecule has 0 saturated carbocycles. The second kappa shape index (κ2) is 10.4. The molecule has 7 heteroatoms. The van der Waals surface area contributed by atoms with Gasteiger partial charge in [-0.05, 0) is 29.9 Å². The number of fused-ring (bicyclic) bond motifs is 6. The number of ether oxygens (including phenoxy) is 4. The van der Waals surface area contributed by atoms with Gasteiger partial charge < -0.3 is 24.1 Å². The molecule has 7 nitrogen and oxygen atoms in total. The van der Waals surface area contributed by atoms with Crippen LogP contribution in [0.3, 0.4) is 0 Å². The summed E-state index contributed by atoms with van der Waals surface area (Å²) in [4.78, 5) is 25.3. The number of aryl methyl sites for hydroxylation is 1. The second-order valence-corrected chi connectivity index (χ2v) is 11.5. The fourth-order valence-electron chi connectivity index (χ4n) is 6.81. The maximum Gasteiger partial charge on any atom is 0.330 e. The molecule has 7 rings (SSSR count). The van der Waals surface area contributed by atoms with Crippen LogP contribution < -0.4 is 9.47 Å². The summed E-state index contributed by atoms with van der Waals surface area (Å²) >= 11 is 0. The summed E-state index contributed by atoms with van der Waals surface area (Å²) in [5, 5.41) is 11.0. The molecule has 0 unspecified atom stereocenters. The topological polar surface area (TPSA) is 91.3 Å². The SMILES string of the molecule is O=C1C=CC[C@H](C[C@@H]2C[C@@H]3C[C@@](CCc4ccccc4)(Oc4cc(O)c5c(c43)O[C@@H](c3ccccc3)CC5=O)O2)O1. The van der Waals surface area contributed by atoms with Crippen molar-refractivity contribution in [3.63, 3.8) is 0 Å². The minimum Gasteiger partial charge on any atom is -0.507 e. The zero-order chi connectivity index (χ0) is 28.0. The number of phenols is 1. The maximum atomic E-state index is 13.4. The van der Waals surface area contributed by atoms with Crippen LogP contribution in [0.25, 0.3) is 0 Å². The van der Waals surface area contributed by atoms with Crippen molar-refractivity contribution in [1.82, 2.24) is 0 Å². The second-order valence-electron chi connectivity index (χ2n) is 11.5. The largest absolute Gasteiger partial charge is 0.507 e. The Morgan fingerprint density at radius 3 is 2.51 bits per heavy atom. The highest BCUT2D eigenvalue weighted by atomic mass is 16.7. The molecule has 0 aromatic heterocycles. The standard InChI is InChI=1S/C34H32O7/c35-26-18-28(22-10-5-2-6-11-22)39-33-31-23-16-25(17-24-12-7-13-30(37)38-24)40-34(20-23,15-14-21-8-3-1-4-9-21)41-29(31)19-27(36)32(26)33/h1-11,13,19,23-25,28,36H,12,14-18,20H2/t23-,24-,25+,28-,34-/m1/s1. The summed E-state index contributed by atoms with van der Waals surface area (Å²) in [5.41, 5.74) is 3.13. The van der Waals surface area contributed by atoms with E-state index >= 15 is 0 Å². The fourth-order valence-corrected chi connectivity index (χ4v) is 6.81. The van der Waals surface area contributed by atoms with Crippen molar-refractivity contribution in [3.8, 4) is 17.2 Å². The smallest absolute Gasteiger partial charge is 0.330 e. The van der Waals surface area contributed by atoms with E-state index in [1.54, 1.807) is 6.07 Å². The van der Waals surface area contributed by atoms with Crippen molar-refractivity contribution in [3.05, 3.63) is 101 Å². The molecule has 0 spiro atoms. The fraction of sp³-hybridized carbons (Fsp3) is 0.353. The molecule has 41 heavy (non-hydrogen) atoms. The summed E-state index contributed by atoms with van der Waals surface area (Å²) < 4.78 is 25.5. The van der Waals surface area contributed by atoms with Gasteiger partial charge in [0.1, 0.15) is 35.0 Å². The molecule has 210 valence electrons. The monoisotopic (exact) mass is 552 g/mol. The van der Waals surface area contributed by atoms with Gasteiger partial charge in [-0.25, -0.2) is 4.79 Å². The number of hydrogen-bond donors (Lipinski definition) is 1. The quantitative estimate of drug-likeness (QED) is 0.357. The van der Waals surface area contributed by atoms with Gasteiger partial charge in [-0.15, -0.1) is 0 Å². The van der Waals surface area contributed by atoms with Crippen molar-refractivity contribution >= 4 is 11.8 Å². The molecular weight excluding hydrogens is 520 g/mol. The molecule has 0 radical (unpaired) electrons. The van der Waals surface area contributed by atoms with Gasteiger partial charge in [0.25, 0.3) is 0 Å². The van der Waals surface area contributed by atoms with Crippen LogP contribution in [0.2, 0.25) is 0 Å². The number of benzene rings is 3. The number of rotatable bonds is 6. The van der Waals surface area contributed by atoms with E-state index in [0.29, 0.717) is 43.6 Å². The summed E-state index contributed by atoms with van der Waals surface area (Å²) in [6, 6.07) is 21.5. The summed E-state index contributed by atoms with van der Waals surface area (Å²) in [7, 11) is 0. The third-order valence-corrected chi connectivity index (χ3v) is 8.63. The molecule has 0 amide bonds. The molecule has 5 atom stereocenters. The predicted octanol–water partition coefficient (Wildman–Crippen LogP) is 6.34. The van der Waals surface area contributed by atoms with Crippen molar-refractivity contribution < 1.29 is 33.6 Å². The molecule has 4 aliphatic rings. The molecule has 1 fully saturated rings. The van der Waals surface area contributed by atoms with Gasteiger partial charge in [-0.1, -0.05) is 66.7 Å².